The van der Waals surface area contributed by atoms with Crippen molar-refractivity contribution < 1.29 is 23.9 Å². The molecule has 0 spiro atoms. The van der Waals surface area contributed by atoms with Gasteiger partial charge in [-0.2, -0.15) is 0 Å². The van der Waals surface area contributed by atoms with Gasteiger partial charge in [0, 0.05) is 13.3 Å². The average Bonchev–Trinajstić information content (AvgIpc) is 2.67. The first-order chi connectivity index (χ1) is 13.4. The van der Waals surface area contributed by atoms with Gasteiger partial charge in [-0.1, -0.05) is 18.2 Å². The summed E-state index contributed by atoms with van der Waals surface area (Å²) in [6, 6.07) is 5.78. The summed E-state index contributed by atoms with van der Waals surface area (Å²) in [4.78, 5) is 35.4. The van der Waals surface area contributed by atoms with Crippen LogP contribution in [-0.2, 0) is 25.5 Å². The van der Waals surface area contributed by atoms with Crippen LogP contribution in [0.2, 0.25) is 0 Å². The number of methoxy groups -OCH3 is 1. The lowest BCUT2D eigenvalue weighted by molar-refractivity contribution is -0.144. The molecule has 0 saturated heterocycles. The van der Waals surface area contributed by atoms with E-state index in [-0.39, 0.29) is 5.91 Å². The lowest BCUT2D eigenvalue weighted by atomic mass is 10.0. The first kappa shape index (κ1) is 23.2. The Morgan fingerprint density at radius 2 is 1.82 bits per heavy atom. The lowest BCUT2D eigenvalue weighted by Crippen LogP contribution is -2.51. The molecule has 2 amide bonds. The molecule has 0 aliphatic carbocycles. The van der Waals surface area contributed by atoms with E-state index in [4.69, 9.17) is 4.74 Å². The quantitative estimate of drug-likeness (QED) is 0.324. The van der Waals surface area contributed by atoms with Crippen LogP contribution in [0.25, 0.3) is 0 Å². The van der Waals surface area contributed by atoms with Crippen molar-refractivity contribution in [3.05, 3.63) is 42.5 Å². The highest BCUT2D eigenvalue weighted by Gasteiger charge is 2.24. The minimum atomic E-state index is -0.800. The molecule has 28 heavy (non-hydrogen) atoms. The largest absolute Gasteiger partial charge is 0.494 e. The van der Waals surface area contributed by atoms with Crippen LogP contribution in [0.4, 0.5) is 0 Å². The third-order valence-electron chi connectivity index (χ3n) is 4.04. The Labute approximate surface area is 166 Å². The van der Waals surface area contributed by atoms with Gasteiger partial charge in [0.05, 0.1) is 13.7 Å². The Hall–Kier alpha value is -2.83. The first-order valence-electron chi connectivity index (χ1n) is 9.35. The molecule has 1 aromatic rings. The predicted molar refractivity (Wildman–Crippen MR) is 107 cm³/mol. The van der Waals surface area contributed by atoms with Crippen molar-refractivity contribution in [1.82, 2.24) is 10.6 Å². The molecular formula is C21H30N2O5. The average molecular weight is 390 g/mol. The van der Waals surface area contributed by atoms with Crippen molar-refractivity contribution in [2.24, 2.45) is 0 Å². The maximum atomic E-state index is 12.4. The lowest BCUT2D eigenvalue weighted by Gasteiger charge is -2.20. The highest BCUT2D eigenvalue weighted by Crippen LogP contribution is 2.14. The standard InChI is InChI=1S/C21H30N2O5/c1-5-6-7-8-13-28-18-11-9-17(10-12-18)14-19(23-16(3)24)20(25)22-15(2)21(26)27-4/h5,9-12,15,19H,1,6-8,13-14H2,2-4H3,(H,22,25)(H,23,24)/t15-,19-/m0/s1. The Bertz CT molecular complexity index is 657. The van der Waals surface area contributed by atoms with Gasteiger partial charge in [0.25, 0.3) is 0 Å². The highest BCUT2D eigenvalue weighted by atomic mass is 16.5. The smallest absolute Gasteiger partial charge is 0.328 e. The summed E-state index contributed by atoms with van der Waals surface area (Å²) in [5.74, 6) is -0.576. The van der Waals surface area contributed by atoms with Crippen LogP contribution in [0.5, 0.6) is 5.75 Å². The fraction of sp³-hybridized carbons (Fsp3) is 0.476. The van der Waals surface area contributed by atoms with E-state index in [1.54, 1.807) is 0 Å². The molecule has 0 radical (unpaired) electrons. The number of rotatable bonds is 12. The molecule has 154 valence electrons. The molecule has 0 heterocycles. The van der Waals surface area contributed by atoms with Gasteiger partial charge in [0.1, 0.15) is 17.8 Å². The van der Waals surface area contributed by atoms with E-state index < -0.39 is 24.0 Å². The minimum absolute atomic E-state index is 0.291. The van der Waals surface area contributed by atoms with Crippen LogP contribution in [0, 0.1) is 0 Å². The summed E-state index contributed by atoms with van der Waals surface area (Å²) >= 11 is 0. The van der Waals surface area contributed by atoms with Crippen molar-refractivity contribution in [3.8, 4) is 5.75 Å². The van der Waals surface area contributed by atoms with Crippen LogP contribution in [0.15, 0.2) is 36.9 Å². The van der Waals surface area contributed by atoms with E-state index in [0.29, 0.717) is 13.0 Å². The number of nitrogens with one attached hydrogen (secondary N) is 2. The summed E-state index contributed by atoms with van der Waals surface area (Å²) in [6.45, 7) is 7.19. The maximum Gasteiger partial charge on any atom is 0.328 e. The zero-order valence-electron chi connectivity index (χ0n) is 16.8. The summed E-state index contributed by atoms with van der Waals surface area (Å²) in [7, 11) is 1.25. The van der Waals surface area contributed by atoms with Gasteiger partial charge in [0.2, 0.25) is 11.8 Å². The van der Waals surface area contributed by atoms with Crippen LogP contribution in [0.1, 0.15) is 38.7 Å². The molecule has 2 atom stereocenters. The third-order valence-corrected chi connectivity index (χ3v) is 4.04. The van der Waals surface area contributed by atoms with Crippen molar-refractivity contribution in [1.29, 1.82) is 0 Å². The van der Waals surface area contributed by atoms with Gasteiger partial charge in [0.15, 0.2) is 0 Å². The number of carbonyl (C=O) groups excluding carboxylic acids is 3. The van der Waals surface area contributed by atoms with E-state index in [9.17, 15) is 14.4 Å². The summed E-state index contributed by atoms with van der Waals surface area (Å²) in [5.41, 5.74) is 0.860. The fourth-order valence-electron chi connectivity index (χ4n) is 2.54. The van der Waals surface area contributed by atoms with Gasteiger partial charge in [-0.15, -0.1) is 6.58 Å². The van der Waals surface area contributed by atoms with Crippen LogP contribution >= 0.6 is 0 Å². The molecule has 0 aliphatic rings. The van der Waals surface area contributed by atoms with Gasteiger partial charge in [-0.25, -0.2) is 4.79 Å². The normalized spacial score (nSPS) is 12.4. The van der Waals surface area contributed by atoms with E-state index in [2.05, 4.69) is 21.9 Å². The van der Waals surface area contributed by atoms with Crippen molar-refractivity contribution in [3.63, 3.8) is 0 Å². The number of unbranched alkanes of at least 4 members (excludes halogenated alkanes) is 2. The van der Waals surface area contributed by atoms with E-state index in [1.165, 1.54) is 21.0 Å². The predicted octanol–water partition coefficient (Wildman–Crippen LogP) is 2.15. The number of ether oxygens (including phenoxy) is 2. The molecule has 0 fully saturated rings. The number of carbonyl (C=O) groups is 3. The molecule has 7 nitrogen and oxygen atoms in total. The summed E-state index contributed by atoms with van der Waals surface area (Å²) in [5, 5.41) is 5.17. The SMILES string of the molecule is C=CCCCCOc1ccc(C[C@H](NC(C)=O)C(=O)N[C@@H](C)C(=O)OC)cc1. The number of esters is 1. The highest BCUT2D eigenvalue weighted by molar-refractivity contribution is 5.90. The number of amides is 2. The molecule has 1 aromatic carbocycles. The number of hydrogen-bond donors (Lipinski definition) is 2. The van der Waals surface area contributed by atoms with Gasteiger partial charge in [-0.05, 0) is 43.9 Å². The minimum Gasteiger partial charge on any atom is -0.494 e. The molecule has 2 N–H and O–H groups in total. The summed E-state index contributed by atoms with van der Waals surface area (Å²) in [6.07, 6.45) is 5.15. The second kappa shape index (κ2) is 12.5. The number of allylic oxidation sites excluding steroid dienone is 1. The van der Waals surface area contributed by atoms with Gasteiger partial charge < -0.3 is 20.1 Å². The third kappa shape index (κ3) is 8.70. The molecule has 0 saturated carbocycles. The van der Waals surface area contributed by atoms with Crippen LogP contribution in [0.3, 0.4) is 0 Å². The molecule has 0 unspecified atom stereocenters. The van der Waals surface area contributed by atoms with Gasteiger partial charge in [-0.3, -0.25) is 9.59 Å². The zero-order valence-corrected chi connectivity index (χ0v) is 16.8. The van der Waals surface area contributed by atoms with E-state index >= 15 is 0 Å². The number of benzene rings is 1. The van der Waals surface area contributed by atoms with Crippen molar-refractivity contribution in [2.45, 2.75) is 51.6 Å². The Morgan fingerprint density at radius 3 is 2.39 bits per heavy atom. The Morgan fingerprint density at radius 1 is 1.14 bits per heavy atom. The van der Waals surface area contributed by atoms with E-state index in [1.807, 2.05) is 30.3 Å². The summed E-state index contributed by atoms with van der Waals surface area (Å²) < 4.78 is 10.3. The zero-order chi connectivity index (χ0) is 20.9. The molecule has 1 rings (SSSR count). The topological polar surface area (TPSA) is 93.7 Å². The Kier molecular flexibility index (Phi) is 10.4. The van der Waals surface area contributed by atoms with Crippen LogP contribution in [-0.4, -0.2) is 43.6 Å². The Balaban J connectivity index is 2.65. The molecular weight excluding hydrogens is 360 g/mol. The first-order valence-corrected chi connectivity index (χ1v) is 9.35. The van der Waals surface area contributed by atoms with Gasteiger partial charge >= 0.3 is 5.97 Å². The maximum absolute atomic E-state index is 12.4. The molecule has 0 bridgehead atoms. The fourth-order valence-corrected chi connectivity index (χ4v) is 2.54. The molecule has 0 aliphatic heterocycles. The van der Waals surface area contributed by atoms with Crippen LogP contribution < -0.4 is 15.4 Å². The van der Waals surface area contributed by atoms with Crippen molar-refractivity contribution >= 4 is 17.8 Å². The second-order valence-electron chi connectivity index (χ2n) is 6.49. The monoisotopic (exact) mass is 390 g/mol. The molecule has 0 aromatic heterocycles. The van der Waals surface area contributed by atoms with Crippen molar-refractivity contribution in [2.75, 3.05) is 13.7 Å². The second-order valence-corrected chi connectivity index (χ2v) is 6.49. The number of hydrogen-bond acceptors (Lipinski definition) is 5. The molecule has 7 heteroatoms. The van der Waals surface area contributed by atoms with E-state index in [0.717, 1.165) is 30.6 Å².